The number of carbonyl (C=O) groups excluding carboxylic acids is 1. The normalized spacial score (nSPS) is 11.4. The Labute approximate surface area is 138 Å². The number of anilines is 1. The molecule has 9 heteroatoms. The van der Waals surface area contributed by atoms with E-state index >= 15 is 0 Å². The van der Waals surface area contributed by atoms with Crippen LogP contribution in [0, 0.1) is 11.6 Å². The zero-order chi connectivity index (χ0) is 16.3. The van der Waals surface area contributed by atoms with Crippen LogP contribution in [0.4, 0.5) is 14.5 Å². The van der Waals surface area contributed by atoms with E-state index < -0.39 is 27.4 Å². The first-order chi connectivity index (χ1) is 10.3. The van der Waals surface area contributed by atoms with Crippen molar-refractivity contribution in [2.24, 2.45) is 0 Å². The molecule has 0 aliphatic rings. The Kier molecular flexibility index (Phi) is 5.30. The second kappa shape index (κ2) is 6.84. The number of sulfone groups is 1. The standard InChI is InChI=1S/C13H10BrF2NO3S2/c14-11-3-4-13(21-11)22(19,20)6-5-12(18)17-8-1-2-9(15)10(16)7-8/h1-4,7H,5-6H2,(H,17,18). The first kappa shape index (κ1) is 17.0. The maximum absolute atomic E-state index is 13.0. The number of halogens is 3. The fraction of sp³-hybridized carbons (Fsp3) is 0.154. The van der Waals surface area contributed by atoms with Gasteiger partial charge < -0.3 is 5.32 Å². The highest BCUT2D eigenvalue weighted by atomic mass is 79.9. The molecule has 0 saturated heterocycles. The average Bonchev–Trinajstić information content (AvgIpc) is 2.88. The summed E-state index contributed by atoms with van der Waals surface area (Å²) in [4.78, 5) is 11.7. The first-order valence-corrected chi connectivity index (χ1v) is 9.27. The van der Waals surface area contributed by atoms with Crippen molar-refractivity contribution in [3.8, 4) is 0 Å². The van der Waals surface area contributed by atoms with Crippen LogP contribution in [0.15, 0.2) is 38.3 Å². The number of carbonyl (C=O) groups is 1. The fourth-order valence-corrected chi connectivity index (χ4v) is 4.99. The van der Waals surface area contributed by atoms with Gasteiger partial charge in [0.2, 0.25) is 5.91 Å². The maximum atomic E-state index is 13.0. The highest BCUT2D eigenvalue weighted by Crippen LogP contribution is 2.27. The van der Waals surface area contributed by atoms with Gasteiger partial charge in [-0.3, -0.25) is 4.79 Å². The largest absolute Gasteiger partial charge is 0.326 e. The monoisotopic (exact) mass is 409 g/mol. The van der Waals surface area contributed by atoms with Crippen LogP contribution < -0.4 is 5.32 Å². The average molecular weight is 410 g/mol. The second-order valence-electron chi connectivity index (χ2n) is 4.30. The molecule has 1 amide bonds. The van der Waals surface area contributed by atoms with E-state index in [0.717, 1.165) is 23.5 Å². The van der Waals surface area contributed by atoms with Crippen molar-refractivity contribution < 1.29 is 22.0 Å². The molecule has 1 aromatic heterocycles. The summed E-state index contributed by atoms with van der Waals surface area (Å²) >= 11 is 4.23. The molecule has 22 heavy (non-hydrogen) atoms. The summed E-state index contributed by atoms with van der Waals surface area (Å²) in [5, 5.41) is 2.32. The van der Waals surface area contributed by atoms with Crippen molar-refractivity contribution in [2.75, 3.05) is 11.1 Å². The Morgan fingerprint density at radius 2 is 1.91 bits per heavy atom. The van der Waals surface area contributed by atoms with Crippen molar-refractivity contribution in [3.05, 3.63) is 45.8 Å². The van der Waals surface area contributed by atoms with Gasteiger partial charge in [-0.2, -0.15) is 0 Å². The van der Waals surface area contributed by atoms with Gasteiger partial charge in [-0.05, 0) is 40.2 Å². The molecule has 0 atom stereocenters. The lowest BCUT2D eigenvalue weighted by Crippen LogP contribution is -2.17. The van der Waals surface area contributed by atoms with Crippen LogP contribution in [-0.4, -0.2) is 20.1 Å². The van der Waals surface area contributed by atoms with E-state index in [1.54, 1.807) is 6.07 Å². The topological polar surface area (TPSA) is 63.2 Å². The predicted octanol–water partition coefficient (Wildman–Crippen LogP) is 3.59. The molecule has 1 aromatic carbocycles. The van der Waals surface area contributed by atoms with E-state index in [1.807, 2.05) is 0 Å². The summed E-state index contributed by atoms with van der Waals surface area (Å²) in [5.41, 5.74) is 0.0696. The van der Waals surface area contributed by atoms with Crippen LogP contribution in [-0.2, 0) is 14.6 Å². The molecule has 0 radical (unpaired) electrons. The van der Waals surface area contributed by atoms with Gasteiger partial charge in [-0.25, -0.2) is 17.2 Å². The summed E-state index contributed by atoms with van der Waals surface area (Å²) in [6.07, 6.45) is -0.281. The number of hydrogen-bond donors (Lipinski definition) is 1. The minimum atomic E-state index is -3.55. The van der Waals surface area contributed by atoms with Crippen LogP contribution in [0.25, 0.3) is 0 Å². The van der Waals surface area contributed by atoms with Crippen LogP contribution in [0.3, 0.4) is 0 Å². The molecule has 1 heterocycles. The molecular formula is C13H10BrF2NO3S2. The number of nitrogens with one attached hydrogen (secondary N) is 1. The highest BCUT2D eigenvalue weighted by molar-refractivity contribution is 9.11. The SMILES string of the molecule is O=C(CCS(=O)(=O)c1ccc(Br)s1)Nc1ccc(F)c(F)c1. The fourth-order valence-electron chi connectivity index (χ4n) is 1.59. The molecular weight excluding hydrogens is 400 g/mol. The Morgan fingerprint density at radius 3 is 2.50 bits per heavy atom. The first-order valence-electron chi connectivity index (χ1n) is 6.01. The van der Waals surface area contributed by atoms with E-state index in [-0.39, 0.29) is 22.1 Å². The number of hydrogen-bond acceptors (Lipinski definition) is 4. The van der Waals surface area contributed by atoms with E-state index in [0.29, 0.717) is 3.79 Å². The van der Waals surface area contributed by atoms with Gasteiger partial charge in [-0.1, -0.05) is 0 Å². The molecule has 0 unspecified atom stereocenters. The molecule has 2 rings (SSSR count). The van der Waals surface area contributed by atoms with Gasteiger partial charge in [0.1, 0.15) is 4.21 Å². The molecule has 0 saturated carbocycles. The summed E-state index contributed by atoms with van der Waals surface area (Å²) in [7, 11) is -3.55. The van der Waals surface area contributed by atoms with Crippen molar-refractivity contribution in [2.45, 2.75) is 10.6 Å². The zero-order valence-corrected chi connectivity index (χ0v) is 14.2. The lowest BCUT2D eigenvalue weighted by Gasteiger charge is -2.06. The molecule has 4 nitrogen and oxygen atoms in total. The molecule has 1 N–H and O–H groups in total. The van der Waals surface area contributed by atoms with Crippen LogP contribution in [0.1, 0.15) is 6.42 Å². The van der Waals surface area contributed by atoms with Crippen molar-refractivity contribution in [3.63, 3.8) is 0 Å². The molecule has 0 aliphatic carbocycles. The maximum Gasteiger partial charge on any atom is 0.225 e. The van der Waals surface area contributed by atoms with Gasteiger partial charge in [0, 0.05) is 18.2 Å². The lowest BCUT2D eigenvalue weighted by atomic mass is 10.3. The van der Waals surface area contributed by atoms with Gasteiger partial charge in [0.25, 0.3) is 0 Å². The highest BCUT2D eigenvalue weighted by Gasteiger charge is 2.18. The smallest absolute Gasteiger partial charge is 0.225 e. The minimum Gasteiger partial charge on any atom is -0.326 e. The van der Waals surface area contributed by atoms with Crippen molar-refractivity contribution in [1.29, 1.82) is 0 Å². The number of amides is 1. The molecule has 0 aliphatic heterocycles. The van der Waals surface area contributed by atoms with Crippen LogP contribution in [0.5, 0.6) is 0 Å². The third-order valence-corrected chi connectivity index (χ3v) is 6.58. The Morgan fingerprint density at radius 1 is 1.18 bits per heavy atom. The summed E-state index contributed by atoms with van der Waals surface area (Å²) < 4.78 is 50.6. The Bertz CT molecular complexity index is 805. The minimum absolute atomic E-state index is 0.0696. The molecule has 0 spiro atoms. The van der Waals surface area contributed by atoms with Crippen LogP contribution in [0.2, 0.25) is 0 Å². The number of thiophene rings is 1. The third-order valence-electron chi connectivity index (χ3n) is 2.66. The van der Waals surface area contributed by atoms with Crippen molar-refractivity contribution >= 4 is 48.7 Å². The van der Waals surface area contributed by atoms with Gasteiger partial charge in [0.05, 0.1) is 9.54 Å². The van der Waals surface area contributed by atoms with E-state index in [4.69, 9.17) is 0 Å². The molecule has 0 bridgehead atoms. The van der Waals surface area contributed by atoms with Gasteiger partial charge >= 0.3 is 0 Å². The summed E-state index contributed by atoms with van der Waals surface area (Å²) in [6, 6.07) is 5.97. The van der Waals surface area contributed by atoms with Gasteiger partial charge in [0.15, 0.2) is 21.5 Å². The van der Waals surface area contributed by atoms with E-state index in [9.17, 15) is 22.0 Å². The van der Waals surface area contributed by atoms with Crippen LogP contribution >= 0.6 is 27.3 Å². The molecule has 118 valence electrons. The predicted molar refractivity (Wildman–Crippen MR) is 83.7 cm³/mol. The van der Waals surface area contributed by atoms with Gasteiger partial charge in [-0.15, -0.1) is 11.3 Å². The second-order valence-corrected chi connectivity index (χ2v) is 9.10. The summed E-state index contributed by atoms with van der Waals surface area (Å²) in [6.45, 7) is 0. The quantitative estimate of drug-likeness (QED) is 0.820. The summed E-state index contributed by atoms with van der Waals surface area (Å²) in [5.74, 6) is -3.07. The Balaban J connectivity index is 1.96. The number of benzene rings is 1. The Hall–Kier alpha value is -1.32. The molecule has 2 aromatic rings. The number of rotatable bonds is 5. The van der Waals surface area contributed by atoms with E-state index in [2.05, 4.69) is 21.2 Å². The van der Waals surface area contributed by atoms with E-state index in [1.165, 1.54) is 12.1 Å². The molecule has 0 fully saturated rings. The van der Waals surface area contributed by atoms with Crippen molar-refractivity contribution in [1.82, 2.24) is 0 Å². The third kappa shape index (κ3) is 4.34. The zero-order valence-electron chi connectivity index (χ0n) is 11.0. The lowest BCUT2D eigenvalue weighted by molar-refractivity contribution is -0.115.